The lowest BCUT2D eigenvalue weighted by molar-refractivity contribution is -0.130. The molecule has 0 aromatic rings. The average molecular weight is 214 g/mol. The SMILES string of the molecule is CCNCCC(=O)N1CCC(C(C)O)C1. The number of aliphatic hydroxyl groups excluding tert-OH is 1. The summed E-state index contributed by atoms with van der Waals surface area (Å²) in [6, 6.07) is 0. The van der Waals surface area contributed by atoms with Crippen molar-refractivity contribution in [3.63, 3.8) is 0 Å². The summed E-state index contributed by atoms with van der Waals surface area (Å²) >= 11 is 0. The molecule has 1 aliphatic heterocycles. The molecule has 2 atom stereocenters. The molecular weight excluding hydrogens is 192 g/mol. The van der Waals surface area contributed by atoms with E-state index >= 15 is 0 Å². The number of carbonyl (C=O) groups is 1. The maximum atomic E-state index is 11.7. The summed E-state index contributed by atoms with van der Waals surface area (Å²) in [4.78, 5) is 13.6. The van der Waals surface area contributed by atoms with E-state index < -0.39 is 0 Å². The molecule has 1 rings (SSSR count). The molecule has 4 heteroatoms. The summed E-state index contributed by atoms with van der Waals surface area (Å²) in [5.41, 5.74) is 0. The minimum atomic E-state index is -0.295. The van der Waals surface area contributed by atoms with E-state index in [0.717, 1.165) is 32.6 Å². The van der Waals surface area contributed by atoms with Crippen LogP contribution in [0.2, 0.25) is 0 Å². The van der Waals surface area contributed by atoms with Gasteiger partial charge in [0.15, 0.2) is 0 Å². The van der Waals surface area contributed by atoms with Crippen LogP contribution in [0, 0.1) is 5.92 Å². The van der Waals surface area contributed by atoms with Gasteiger partial charge in [-0.3, -0.25) is 4.79 Å². The highest BCUT2D eigenvalue weighted by Crippen LogP contribution is 2.19. The Hall–Kier alpha value is -0.610. The number of carbonyl (C=O) groups excluding carboxylic acids is 1. The summed E-state index contributed by atoms with van der Waals surface area (Å²) in [5.74, 6) is 0.479. The second-order valence-electron chi connectivity index (χ2n) is 4.23. The van der Waals surface area contributed by atoms with E-state index in [1.54, 1.807) is 6.92 Å². The Labute approximate surface area is 91.6 Å². The van der Waals surface area contributed by atoms with Gasteiger partial charge in [-0.2, -0.15) is 0 Å². The van der Waals surface area contributed by atoms with Gasteiger partial charge >= 0.3 is 0 Å². The Bertz CT molecular complexity index is 207. The van der Waals surface area contributed by atoms with Crippen molar-refractivity contribution in [3.05, 3.63) is 0 Å². The molecule has 2 N–H and O–H groups in total. The molecule has 1 amide bonds. The predicted molar refractivity (Wildman–Crippen MR) is 59.5 cm³/mol. The molecule has 0 aromatic heterocycles. The lowest BCUT2D eigenvalue weighted by atomic mass is 10.0. The maximum Gasteiger partial charge on any atom is 0.223 e. The topological polar surface area (TPSA) is 52.6 Å². The summed E-state index contributed by atoms with van der Waals surface area (Å²) in [6.45, 7) is 7.03. The zero-order chi connectivity index (χ0) is 11.3. The number of hydrogen-bond acceptors (Lipinski definition) is 3. The van der Waals surface area contributed by atoms with Crippen molar-refractivity contribution in [2.75, 3.05) is 26.2 Å². The Morgan fingerprint density at radius 2 is 2.40 bits per heavy atom. The van der Waals surface area contributed by atoms with E-state index in [-0.39, 0.29) is 17.9 Å². The van der Waals surface area contributed by atoms with Crippen LogP contribution in [-0.2, 0) is 4.79 Å². The molecule has 0 bridgehead atoms. The fraction of sp³-hybridized carbons (Fsp3) is 0.909. The molecule has 4 nitrogen and oxygen atoms in total. The molecule has 2 unspecified atom stereocenters. The maximum absolute atomic E-state index is 11.7. The largest absolute Gasteiger partial charge is 0.393 e. The van der Waals surface area contributed by atoms with Gasteiger partial charge in [-0.1, -0.05) is 6.92 Å². The minimum absolute atomic E-state index is 0.208. The van der Waals surface area contributed by atoms with Crippen molar-refractivity contribution >= 4 is 5.91 Å². The van der Waals surface area contributed by atoms with E-state index in [2.05, 4.69) is 5.32 Å². The van der Waals surface area contributed by atoms with Gasteiger partial charge in [-0.05, 0) is 19.9 Å². The van der Waals surface area contributed by atoms with Crippen LogP contribution in [0.15, 0.2) is 0 Å². The van der Waals surface area contributed by atoms with Crippen LogP contribution in [0.4, 0.5) is 0 Å². The van der Waals surface area contributed by atoms with E-state index in [1.165, 1.54) is 0 Å². The number of hydrogen-bond donors (Lipinski definition) is 2. The summed E-state index contributed by atoms with van der Waals surface area (Å²) < 4.78 is 0. The first kappa shape index (κ1) is 12.5. The van der Waals surface area contributed by atoms with Gasteiger partial charge < -0.3 is 15.3 Å². The molecule has 0 radical (unpaired) electrons. The van der Waals surface area contributed by atoms with Crippen LogP contribution in [0.1, 0.15) is 26.7 Å². The highest BCUT2D eigenvalue weighted by Gasteiger charge is 2.28. The highest BCUT2D eigenvalue weighted by atomic mass is 16.3. The number of likely N-dealkylation sites (tertiary alicyclic amines) is 1. The van der Waals surface area contributed by atoms with Crippen molar-refractivity contribution in [2.24, 2.45) is 5.92 Å². The molecule has 0 aliphatic carbocycles. The smallest absolute Gasteiger partial charge is 0.223 e. The molecule has 0 aromatic carbocycles. The third kappa shape index (κ3) is 3.80. The second kappa shape index (κ2) is 6.08. The molecular formula is C11H22N2O2. The first-order valence-corrected chi connectivity index (χ1v) is 5.81. The monoisotopic (exact) mass is 214 g/mol. The lowest BCUT2D eigenvalue weighted by Crippen LogP contribution is -2.32. The molecule has 0 saturated carbocycles. The van der Waals surface area contributed by atoms with Crippen molar-refractivity contribution in [1.29, 1.82) is 0 Å². The van der Waals surface area contributed by atoms with E-state index in [9.17, 15) is 9.90 Å². The molecule has 0 spiro atoms. The Morgan fingerprint density at radius 1 is 1.67 bits per heavy atom. The Kier molecular flexibility index (Phi) is 5.05. The zero-order valence-electron chi connectivity index (χ0n) is 9.70. The molecule has 1 fully saturated rings. The van der Waals surface area contributed by atoms with Gasteiger partial charge in [0.25, 0.3) is 0 Å². The van der Waals surface area contributed by atoms with Gasteiger partial charge in [0.2, 0.25) is 5.91 Å². The highest BCUT2D eigenvalue weighted by molar-refractivity contribution is 5.76. The van der Waals surface area contributed by atoms with Gasteiger partial charge in [0.1, 0.15) is 0 Å². The predicted octanol–water partition coefficient (Wildman–Crippen LogP) is 0.215. The number of amides is 1. The summed E-state index contributed by atoms with van der Waals surface area (Å²) in [6.07, 6.45) is 1.21. The first-order valence-electron chi connectivity index (χ1n) is 5.81. The molecule has 1 heterocycles. The second-order valence-corrected chi connectivity index (χ2v) is 4.23. The Balaban J connectivity index is 2.24. The molecule has 15 heavy (non-hydrogen) atoms. The molecule has 88 valence electrons. The van der Waals surface area contributed by atoms with Gasteiger partial charge in [0.05, 0.1) is 6.10 Å². The fourth-order valence-corrected chi connectivity index (χ4v) is 1.94. The third-order valence-electron chi connectivity index (χ3n) is 3.03. The van der Waals surface area contributed by atoms with E-state index in [4.69, 9.17) is 0 Å². The quantitative estimate of drug-likeness (QED) is 0.644. The van der Waals surface area contributed by atoms with Crippen LogP contribution in [0.3, 0.4) is 0 Å². The average Bonchev–Trinajstić information content (AvgIpc) is 2.66. The van der Waals surface area contributed by atoms with Gasteiger partial charge in [0, 0.05) is 32.0 Å². The molecule has 1 saturated heterocycles. The van der Waals surface area contributed by atoms with Crippen LogP contribution in [0.25, 0.3) is 0 Å². The van der Waals surface area contributed by atoms with Crippen molar-refractivity contribution in [3.8, 4) is 0 Å². The van der Waals surface area contributed by atoms with E-state index in [1.807, 2.05) is 11.8 Å². The van der Waals surface area contributed by atoms with Crippen molar-refractivity contribution in [2.45, 2.75) is 32.8 Å². The normalized spacial score (nSPS) is 23.1. The van der Waals surface area contributed by atoms with Crippen LogP contribution < -0.4 is 5.32 Å². The van der Waals surface area contributed by atoms with Crippen molar-refractivity contribution < 1.29 is 9.90 Å². The third-order valence-corrected chi connectivity index (χ3v) is 3.03. The number of nitrogens with zero attached hydrogens (tertiary/aromatic N) is 1. The van der Waals surface area contributed by atoms with Crippen LogP contribution in [0.5, 0.6) is 0 Å². The summed E-state index contributed by atoms with van der Waals surface area (Å²) in [5, 5.41) is 12.6. The van der Waals surface area contributed by atoms with Crippen LogP contribution in [-0.4, -0.2) is 48.2 Å². The van der Waals surface area contributed by atoms with Gasteiger partial charge in [-0.25, -0.2) is 0 Å². The molecule has 1 aliphatic rings. The zero-order valence-corrected chi connectivity index (χ0v) is 9.70. The summed E-state index contributed by atoms with van der Waals surface area (Å²) in [7, 11) is 0. The van der Waals surface area contributed by atoms with Crippen molar-refractivity contribution in [1.82, 2.24) is 10.2 Å². The number of rotatable bonds is 5. The number of nitrogens with one attached hydrogen (secondary N) is 1. The van der Waals surface area contributed by atoms with Crippen LogP contribution >= 0.6 is 0 Å². The Morgan fingerprint density at radius 3 is 2.93 bits per heavy atom. The van der Waals surface area contributed by atoms with Gasteiger partial charge in [-0.15, -0.1) is 0 Å². The fourth-order valence-electron chi connectivity index (χ4n) is 1.94. The first-order chi connectivity index (χ1) is 7.15. The minimum Gasteiger partial charge on any atom is -0.393 e. The lowest BCUT2D eigenvalue weighted by Gasteiger charge is -2.17. The van der Waals surface area contributed by atoms with E-state index in [0.29, 0.717) is 6.42 Å². The standard InChI is InChI=1S/C11H22N2O2/c1-3-12-6-4-11(15)13-7-5-10(8-13)9(2)14/h9-10,12,14H,3-8H2,1-2H3. The number of aliphatic hydroxyl groups is 1.